The lowest BCUT2D eigenvalue weighted by Gasteiger charge is -2.37. The van der Waals surface area contributed by atoms with Gasteiger partial charge >= 0.3 is 0 Å². The Hall–Kier alpha value is -0.590. The molecule has 0 aromatic carbocycles. The normalized spacial score (nSPS) is 27.9. The highest BCUT2D eigenvalue weighted by molar-refractivity contribution is 5.97. The Morgan fingerprint density at radius 1 is 1.13 bits per heavy atom. The summed E-state index contributed by atoms with van der Waals surface area (Å²) in [6.07, 6.45) is 6.54. The molecule has 0 aromatic rings. The number of carbonyl (C=O) groups is 1. The molecule has 2 rings (SSSR count). The molecule has 1 atom stereocenters. The molecule has 1 heteroatoms. The number of allylic oxidation sites excluding steroid dienone is 2. The number of rotatable bonds is 0. The van der Waals surface area contributed by atoms with Gasteiger partial charge in [-0.05, 0) is 49.0 Å². The first-order valence-electron chi connectivity index (χ1n) is 6.22. The molecule has 84 valence electrons. The van der Waals surface area contributed by atoms with Gasteiger partial charge in [-0.2, -0.15) is 0 Å². The summed E-state index contributed by atoms with van der Waals surface area (Å²) in [5.41, 5.74) is 3.11. The van der Waals surface area contributed by atoms with Crippen molar-refractivity contribution < 1.29 is 4.79 Å². The van der Waals surface area contributed by atoms with E-state index in [2.05, 4.69) is 20.8 Å². The van der Waals surface area contributed by atoms with E-state index in [1.54, 1.807) is 0 Å². The van der Waals surface area contributed by atoms with Gasteiger partial charge in [0.25, 0.3) is 0 Å². The lowest BCUT2D eigenvalue weighted by atomic mass is 9.68. The van der Waals surface area contributed by atoms with E-state index >= 15 is 0 Å². The third-order valence-electron chi connectivity index (χ3n) is 4.11. The predicted molar refractivity (Wildman–Crippen MR) is 62.7 cm³/mol. The lowest BCUT2D eigenvalue weighted by molar-refractivity contribution is -0.116. The van der Waals surface area contributed by atoms with Gasteiger partial charge in [0.15, 0.2) is 5.78 Å². The van der Waals surface area contributed by atoms with Gasteiger partial charge in [0.2, 0.25) is 0 Å². The van der Waals surface area contributed by atoms with Crippen molar-refractivity contribution in [3.05, 3.63) is 11.1 Å². The molecular weight excluding hydrogens is 184 g/mol. The van der Waals surface area contributed by atoms with Crippen molar-refractivity contribution in [3.63, 3.8) is 0 Å². The molecule has 0 aliphatic heterocycles. The van der Waals surface area contributed by atoms with Crippen LogP contribution in [0.1, 0.15) is 59.3 Å². The fraction of sp³-hybridized carbons (Fsp3) is 0.786. The Bertz CT molecular complexity index is 304. The smallest absolute Gasteiger partial charge is 0.158 e. The van der Waals surface area contributed by atoms with Gasteiger partial charge in [-0.3, -0.25) is 4.79 Å². The molecule has 0 unspecified atom stereocenters. The van der Waals surface area contributed by atoms with E-state index in [1.165, 1.54) is 30.4 Å². The molecule has 0 aromatic heterocycles. The zero-order chi connectivity index (χ0) is 11.1. The molecular formula is C14H22O. The SMILES string of the molecule is CC(C)(C)[C@H]1CCC2=C(CCCC2=O)C1. The molecule has 2 aliphatic rings. The molecule has 0 saturated carbocycles. The monoisotopic (exact) mass is 206 g/mol. The van der Waals surface area contributed by atoms with Crippen molar-refractivity contribution in [2.24, 2.45) is 11.3 Å². The molecule has 0 heterocycles. The van der Waals surface area contributed by atoms with Gasteiger partial charge in [0.05, 0.1) is 0 Å². The first-order chi connectivity index (χ1) is 6.98. The molecule has 0 saturated heterocycles. The molecule has 0 amide bonds. The first kappa shape index (κ1) is 10.9. The van der Waals surface area contributed by atoms with Crippen LogP contribution in [0.2, 0.25) is 0 Å². The summed E-state index contributed by atoms with van der Waals surface area (Å²) in [5.74, 6) is 1.23. The van der Waals surface area contributed by atoms with Crippen LogP contribution < -0.4 is 0 Å². The van der Waals surface area contributed by atoms with E-state index in [1.807, 2.05) is 0 Å². The highest BCUT2D eigenvalue weighted by atomic mass is 16.1. The average Bonchev–Trinajstić information content (AvgIpc) is 2.16. The largest absolute Gasteiger partial charge is 0.295 e. The molecule has 1 nitrogen and oxygen atoms in total. The molecule has 0 spiro atoms. The Labute approximate surface area is 92.9 Å². The third-order valence-corrected chi connectivity index (χ3v) is 4.11. The van der Waals surface area contributed by atoms with E-state index in [0.717, 1.165) is 25.2 Å². The molecule has 0 N–H and O–H groups in total. The minimum atomic E-state index is 0.402. The number of ketones is 1. The average molecular weight is 206 g/mol. The molecule has 0 radical (unpaired) electrons. The third kappa shape index (κ3) is 2.16. The van der Waals surface area contributed by atoms with Crippen molar-refractivity contribution in [1.29, 1.82) is 0 Å². The van der Waals surface area contributed by atoms with Gasteiger partial charge in [-0.25, -0.2) is 0 Å². The van der Waals surface area contributed by atoms with Gasteiger partial charge in [0, 0.05) is 6.42 Å². The second kappa shape index (κ2) is 3.77. The van der Waals surface area contributed by atoms with Gasteiger partial charge in [-0.15, -0.1) is 0 Å². The van der Waals surface area contributed by atoms with Crippen LogP contribution in [0.25, 0.3) is 0 Å². The summed E-state index contributed by atoms with van der Waals surface area (Å²) in [4.78, 5) is 11.7. The maximum atomic E-state index is 11.7. The Morgan fingerprint density at radius 2 is 1.87 bits per heavy atom. The summed E-state index contributed by atoms with van der Waals surface area (Å²) < 4.78 is 0. The van der Waals surface area contributed by atoms with Gasteiger partial charge in [-0.1, -0.05) is 26.3 Å². The highest BCUT2D eigenvalue weighted by Crippen LogP contribution is 2.43. The van der Waals surface area contributed by atoms with E-state index in [0.29, 0.717) is 11.2 Å². The number of hydrogen-bond donors (Lipinski definition) is 0. The first-order valence-corrected chi connectivity index (χ1v) is 6.22. The zero-order valence-corrected chi connectivity index (χ0v) is 10.2. The van der Waals surface area contributed by atoms with Crippen LogP contribution in [0, 0.1) is 11.3 Å². The van der Waals surface area contributed by atoms with E-state index in [9.17, 15) is 4.79 Å². The zero-order valence-electron chi connectivity index (χ0n) is 10.2. The quantitative estimate of drug-likeness (QED) is 0.588. The number of Topliss-reactive ketones (excluding diaryl/α,β-unsaturated/α-hetero) is 1. The summed E-state index contributed by atoms with van der Waals surface area (Å²) in [5, 5.41) is 0. The second-order valence-corrected chi connectivity index (χ2v) is 6.16. The van der Waals surface area contributed by atoms with E-state index in [4.69, 9.17) is 0 Å². The van der Waals surface area contributed by atoms with Crippen molar-refractivity contribution in [2.75, 3.05) is 0 Å². The Kier molecular flexibility index (Phi) is 2.74. The number of carbonyl (C=O) groups excluding carboxylic acids is 1. The van der Waals surface area contributed by atoms with Crippen LogP contribution in [-0.4, -0.2) is 5.78 Å². The molecule has 15 heavy (non-hydrogen) atoms. The minimum Gasteiger partial charge on any atom is -0.295 e. The Balaban J connectivity index is 2.17. The second-order valence-electron chi connectivity index (χ2n) is 6.16. The molecule has 0 fully saturated rings. The maximum absolute atomic E-state index is 11.7. The van der Waals surface area contributed by atoms with Crippen LogP contribution in [0.4, 0.5) is 0 Å². The summed E-state index contributed by atoms with van der Waals surface area (Å²) in [7, 11) is 0. The van der Waals surface area contributed by atoms with Crippen molar-refractivity contribution in [1.82, 2.24) is 0 Å². The lowest BCUT2D eigenvalue weighted by Crippen LogP contribution is -2.27. The van der Waals surface area contributed by atoms with Crippen LogP contribution in [0.15, 0.2) is 11.1 Å². The van der Waals surface area contributed by atoms with Crippen molar-refractivity contribution in [2.45, 2.75) is 59.3 Å². The maximum Gasteiger partial charge on any atom is 0.158 e. The fourth-order valence-corrected chi connectivity index (χ4v) is 2.96. The summed E-state index contributed by atoms with van der Waals surface area (Å²) in [6.45, 7) is 6.98. The van der Waals surface area contributed by atoms with Crippen molar-refractivity contribution >= 4 is 5.78 Å². The van der Waals surface area contributed by atoms with Crippen LogP contribution in [0.5, 0.6) is 0 Å². The standard InChI is InChI=1S/C14H22O/c1-14(2,3)11-7-8-12-10(9-11)5-4-6-13(12)15/h11H,4-9H2,1-3H3/t11-/m0/s1. The predicted octanol–water partition coefficient (Wildman–Crippen LogP) is 3.88. The van der Waals surface area contributed by atoms with Crippen LogP contribution in [0.3, 0.4) is 0 Å². The molecule has 2 aliphatic carbocycles. The highest BCUT2D eigenvalue weighted by Gasteiger charge is 2.32. The fourth-order valence-electron chi connectivity index (χ4n) is 2.96. The summed E-state index contributed by atoms with van der Waals surface area (Å²) >= 11 is 0. The van der Waals surface area contributed by atoms with E-state index in [-0.39, 0.29) is 0 Å². The molecule has 0 bridgehead atoms. The Morgan fingerprint density at radius 3 is 2.53 bits per heavy atom. The number of hydrogen-bond acceptors (Lipinski definition) is 1. The van der Waals surface area contributed by atoms with Crippen molar-refractivity contribution in [3.8, 4) is 0 Å². The van der Waals surface area contributed by atoms with Crippen LogP contribution >= 0.6 is 0 Å². The van der Waals surface area contributed by atoms with Gasteiger partial charge in [0.1, 0.15) is 0 Å². The van der Waals surface area contributed by atoms with E-state index < -0.39 is 0 Å². The van der Waals surface area contributed by atoms with Crippen LogP contribution in [-0.2, 0) is 4.79 Å². The minimum absolute atomic E-state index is 0.402. The topological polar surface area (TPSA) is 17.1 Å². The summed E-state index contributed by atoms with van der Waals surface area (Å²) in [6, 6.07) is 0. The van der Waals surface area contributed by atoms with Gasteiger partial charge < -0.3 is 0 Å².